The summed E-state index contributed by atoms with van der Waals surface area (Å²) in [5, 5.41) is 30.1. The summed E-state index contributed by atoms with van der Waals surface area (Å²) in [6, 6.07) is 13.9. The quantitative estimate of drug-likeness (QED) is 0.869. The zero-order valence-corrected chi connectivity index (χ0v) is 16.1. The number of likely N-dealkylation sites (N-methyl/N-ethyl adjacent to an activating group) is 1. The maximum Gasteiger partial charge on any atom is 0.187 e. The molecule has 1 aliphatic carbocycles. The smallest absolute Gasteiger partial charge is 0.187 e. The Balaban J connectivity index is 2.33. The molecule has 2 unspecified atom stereocenters. The molecular weight excluding hydrogens is 350 g/mol. The van der Waals surface area contributed by atoms with Crippen LogP contribution in [0.2, 0.25) is 0 Å². The highest BCUT2D eigenvalue weighted by Crippen LogP contribution is 2.56. The van der Waals surface area contributed by atoms with E-state index in [9.17, 15) is 15.8 Å². The highest BCUT2D eigenvalue weighted by atomic mass is 16.5. The van der Waals surface area contributed by atoms with Crippen molar-refractivity contribution < 1.29 is 4.74 Å². The van der Waals surface area contributed by atoms with E-state index >= 15 is 0 Å². The normalized spacial score (nSPS) is 23.6. The first-order valence-electron chi connectivity index (χ1n) is 9.45. The number of para-hydroxylation sites is 1. The summed E-state index contributed by atoms with van der Waals surface area (Å²) in [7, 11) is 0. The van der Waals surface area contributed by atoms with E-state index in [4.69, 9.17) is 10.5 Å². The molecule has 0 saturated heterocycles. The molecule has 142 valence electrons. The Morgan fingerprint density at radius 3 is 2.54 bits per heavy atom. The minimum absolute atomic E-state index is 0.0428. The number of nitrogens with zero attached hydrogens (tertiary/aromatic N) is 4. The second-order valence-electron chi connectivity index (χ2n) is 7.00. The summed E-state index contributed by atoms with van der Waals surface area (Å²) in [4.78, 5) is 2.24. The summed E-state index contributed by atoms with van der Waals surface area (Å²) < 4.78 is 5.82. The number of fused-ring (bicyclic) bond motifs is 1. The van der Waals surface area contributed by atoms with E-state index in [2.05, 4.69) is 30.0 Å². The Morgan fingerprint density at radius 1 is 1.21 bits per heavy atom. The van der Waals surface area contributed by atoms with Crippen molar-refractivity contribution >= 4 is 0 Å². The molecule has 28 heavy (non-hydrogen) atoms. The molecule has 0 radical (unpaired) electrons. The van der Waals surface area contributed by atoms with Gasteiger partial charge >= 0.3 is 0 Å². The van der Waals surface area contributed by atoms with Crippen molar-refractivity contribution in [3.05, 3.63) is 52.7 Å². The van der Waals surface area contributed by atoms with Crippen LogP contribution in [0.25, 0.3) is 0 Å². The van der Waals surface area contributed by atoms with Crippen molar-refractivity contribution in [2.24, 2.45) is 17.1 Å². The average molecular weight is 373 g/mol. The maximum atomic E-state index is 10.1. The van der Waals surface area contributed by atoms with Crippen LogP contribution in [0, 0.1) is 45.3 Å². The van der Waals surface area contributed by atoms with Gasteiger partial charge < -0.3 is 10.5 Å². The minimum Gasteiger partial charge on any atom is -0.494 e. The Labute approximate surface area is 165 Å². The van der Waals surface area contributed by atoms with E-state index in [0.29, 0.717) is 18.9 Å². The number of hydrogen-bond donors (Lipinski definition) is 1. The van der Waals surface area contributed by atoms with Crippen LogP contribution < -0.4 is 10.5 Å². The fraction of sp³-hybridized carbons (Fsp3) is 0.409. The minimum atomic E-state index is -1.66. The van der Waals surface area contributed by atoms with Crippen LogP contribution >= 0.6 is 0 Å². The van der Waals surface area contributed by atoms with Crippen LogP contribution in [-0.4, -0.2) is 31.1 Å². The number of hydrogen-bond acceptors (Lipinski definition) is 6. The first kappa shape index (κ1) is 19.5. The van der Waals surface area contributed by atoms with Gasteiger partial charge in [-0.3, -0.25) is 4.90 Å². The second-order valence-corrected chi connectivity index (χ2v) is 7.00. The zero-order chi connectivity index (χ0) is 20.3. The van der Waals surface area contributed by atoms with E-state index in [1.807, 2.05) is 37.3 Å². The topological polar surface area (TPSA) is 110 Å². The lowest BCUT2D eigenvalue weighted by atomic mass is 9.57. The number of nitriles is 3. The van der Waals surface area contributed by atoms with Crippen LogP contribution in [0.15, 0.2) is 47.2 Å². The van der Waals surface area contributed by atoms with Gasteiger partial charge in [-0.05, 0) is 25.1 Å². The average Bonchev–Trinajstić information content (AvgIpc) is 2.74. The molecule has 1 heterocycles. The lowest BCUT2D eigenvalue weighted by Gasteiger charge is -2.45. The molecule has 2 N–H and O–H groups in total. The summed E-state index contributed by atoms with van der Waals surface area (Å²) in [6.45, 7) is 6.68. The number of rotatable bonds is 4. The monoisotopic (exact) mass is 373 g/mol. The molecule has 0 bridgehead atoms. The molecule has 1 aliphatic heterocycles. The van der Waals surface area contributed by atoms with Crippen molar-refractivity contribution in [2.75, 3.05) is 26.2 Å². The highest BCUT2D eigenvalue weighted by molar-refractivity contribution is 5.60. The van der Waals surface area contributed by atoms with E-state index in [1.165, 1.54) is 0 Å². The van der Waals surface area contributed by atoms with Crippen LogP contribution in [0.1, 0.15) is 25.3 Å². The third-order valence-corrected chi connectivity index (χ3v) is 5.73. The largest absolute Gasteiger partial charge is 0.494 e. The van der Waals surface area contributed by atoms with Crippen LogP contribution in [0.4, 0.5) is 0 Å². The number of benzene rings is 1. The fourth-order valence-corrected chi connectivity index (χ4v) is 4.40. The fourth-order valence-electron chi connectivity index (χ4n) is 4.40. The second kappa shape index (κ2) is 7.77. The molecule has 0 saturated carbocycles. The molecule has 0 spiro atoms. The Bertz CT molecular complexity index is 942. The third kappa shape index (κ3) is 2.82. The van der Waals surface area contributed by atoms with Crippen molar-refractivity contribution in [1.29, 1.82) is 15.8 Å². The van der Waals surface area contributed by atoms with Crippen LogP contribution in [0.3, 0.4) is 0 Å². The van der Waals surface area contributed by atoms with E-state index in [-0.39, 0.29) is 17.2 Å². The summed E-state index contributed by atoms with van der Waals surface area (Å²) >= 11 is 0. The molecule has 6 heteroatoms. The van der Waals surface area contributed by atoms with Crippen molar-refractivity contribution in [2.45, 2.75) is 19.8 Å². The van der Waals surface area contributed by atoms with Crippen LogP contribution in [0.5, 0.6) is 5.75 Å². The molecule has 0 aromatic heterocycles. The molecular formula is C22H23N5O. The predicted molar refractivity (Wildman–Crippen MR) is 105 cm³/mol. The predicted octanol–water partition coefficient (Wildman–Crippen LogP) is 2.83. The van der Waals surface area contributed by atoms with Crippen molar-refractivity contribution in [3.63, 3.8) is 0 Å². The van der Waals surface area contributed by atoms with Gasteiger partial charge in [0.2, 0.25) is 0 Å². The lowest BCUT2D eigenvalue weighted by molar-refractivity contribution is 0.212. The Hall–Kier alpha value is -3.27. The number of ether oxygens (including phenoxy) is 1. The van der Waals surface area contributed by atoms with Gasteiger partial charge in [0.15, 0.2) is 5.41 Å². The molecule has 2 atom stereocenters. The molecule has 3 rings (SSSR count). The van der Waals surface area contributed by atoms with Crippen LogP contribution in [-0.2, 0) is 0 Å². The first-order chi connectivity index (χ1) is 13.6. The zero-order valence-electron chi connectivity index (χ0n) is 16.1. The van der Waals surface area contributed by atoms with Gasteiger partial charge in [-0.2, -0.15) is 15.8 Å². The molecule has 1 aromatic rings. The summed E-state index contributed by atoms with van der Waals surface area (Å²) in [5.74, 6) is -0.0879. The molecule has 6 nitrogen and oxygen atoms in total. The van der Waals surface area contributed by atoms with E-state index in [1.54, 1.807) is 0 Å². The molecule has 0 amide bonds. The van der Waals surface area contributed by atoms with Crippen molar-refractivity contribution in [3.8, 4) is 24.0 Å². The van der Waals surface area contributed by atoms with Gasteiger partial charge in [-0.25, -0.2) is 0 Å². The standard InChI is InChI=1S/C22H23N5O/c1-3-27-10-9-15-17(12-27)20(16-7-5-6-8-19(16)28-4-2)22(13-24,14-25)18(11-23)21(15)26/h5-9,17,20H,3-4,10,12,26H2,1-2H3. The Morgan fingerprint density at radius 2 is 1.93 bits per heavy atom. The van der Waals surface area contributed by atoms with Gasteiger partial charge in [0.1, 0.15) is 5.75 Å². The van der Waals surface area contributed by atoms with Gasteiger partial charge in [-0.15, -0.1) is 0 Å². The highest BCUT2D eigenvalue weighted by Gasteiger charge is 2.55. The SMILES string of the molecule is CCOc1ccccc1C1C2CN(CC)CC=C2C(N)=C(C#N)C1(C#N)C#N. The molecule has 0 fully saturated rings. The molecule has 1 aromatic carbocycles. The summed E-state index contributed by atoms with van der Waals surface area (Å²) in [5.41, 5.74) is 6.61. The Kier molecular flexibility index (Phi) is 5.41. The van der Waals surface area contributed by atoms with Crippen molar-refractivity contribution in [1.82, 2.24) is 4.90 Å². The van der Waals surface area contributed by atoms with Gasteiger partial charge in [0.05, 0.1) is 36.1 Å². The third-order valence-electron chi connectivity index (χ3n) is 5.73. The summed E-state index contributed by atoms with van der Waals surface area (Å²) in [6.07, 6.45) is 2.03. The number of nitrogens with two attached hydrogens (primary N) is 1. The van der Waals surface area contributed by atoms with Gasteiger partial charge in [-0.1, -0.05) is 31.2 Å². The van der Waals surface area contributed by atoms with Gasteiger partial charge in [0.25, 0.3) is 0 Å². The maximum absolute atomic E-state index is 10.1. The lowest BCUT2D eigenvalue weighted by Crippen LogP contribution is -2.47. The number of allylic oxidation sites excluding steroid dienone is 2. The molecule has 2 aliphatic rings. The van der Waals surface area contributed by atoms with E-state index in [0.717, 1.165) is 24.2 Å². The van der Waals surface area contributed by atoms with Gasteiger partial charge in [0, 0.05) is 30.5 Å². The van der Waals surface area contributed by atoms with E-state index < -0.39 is 11.3 Å². The first-order valence-corrected chi connectivity index (χ1v) is 9.45.